The minimum Gasteiger partial charge on any atom is -0.358 e. The summed E-state index contributed by atoms with van der Waals surface area (Å²) in [5.74, 6) is 0. The molecule has 0 bridgehead atoms. The second kappa shape index (κ2) is 7.14. The predicted molar refractivity (Wildman–Crippen MR) is 76.2 cm³/mol. The average Bonchev–Trinajstić information content (AvgIpc) is 2.90. The molecule has 19 heavy (non-hydrogen) atoms. The molecule has 1 aromatic rings. The first-order chi connectivity index (χ1) is 9.28. The first kappa shape index (κ1) is 13.9. The van der Waals surface area contributed by atoms with E-state index in [0.717, 1.165) is 31.6 Å². The zero-order chi connectivity index (χ0) is 13.5. The third-order valence-electron chi connectivity index (χ3n) is 3.25. The molecule has 2 amide bonds. The van der Waals surface area contributed by atoms with Crippen LogP contribution < -0.4 is 10.6 Å². The molecule has 0 aliphatic carbocycles. The minimum atomic E-state index is -0.201. The molecule has 2 N–H and O–H groups in total. The van der Waals surface area contributed by atoms with E-state index in [9.17, 15) is 4.79 Å². The van der Waals surface area contributed by atoms with Crippen LogP contribution in [0.1, 0.15) is 38.2 Å². The summed E-state index contributed by atoms with van der Waals surface area (Å²) in [6.45, 7) is 2.92. The summed E-state index contributed by atoms with van der Waals surface area (Å²) in [6, 6.07) is 7.82. The van der Waals surface area contributed by atoms with Gasteiger partial charge in [-0.15, -0.1) is 0 Å². The SMILES string of the molecule is CCCCc1ccc(NC(=O)NC2CCCO2)cc1. The number of unbranched alkanes of at least 4 members (excludes halogenated alkanes) is 1. The number of hydrogen-bond donors (Lipinski definition) is 2. The van der Waals surface area contributed by atoms with Crippen molar-refractivity contribution in [1.82, 2.24) is 5.32 Å². The van der Waals surface area contributed by atoms with Crippen molar-refractivity contribution < 1.29 is 9.53 Å². The summed E-state index contributed by atoms with van der Waals surface area (Å²) < 4.78 is 5.35. The van der Waals surface area contributed by atoms with E-state index in [-0.39, 0.29) is 12.3 Å². The second-order valence-corrected chi connectivity index (χ2v) is 4.90. The van der Waals surface area contributed by atoms with Crippen molar-refractivity contribution in [2.24, 2.45) is 0 Å². The molecule has 1 saturated heterocycles. The number of ether oxygens (including phenoxy) is 1. The first-order valence-corrected chi connectivity index (χ1v) is 7.06. The van der Waals surface area contributed by atoms with Crippen molar-refractivity contribution in [2.75, 3.05) is 11.9 Å². The Kier molecular flexibility index (Phi) is 5.21. The van der Waals surface area contributed by atoms with Gasteiger partial charge in [0.05, 0.1) is 0 Å². The number of carbonyl (C=O) groups is 1. The highest BCUT2D eigenvalue weighted by Crippen LogP contribution is 2.13. The van der Waals surface area contributed by atoms with Crippen LogP contribution in [-0.2, 0) is 11.2 Å². The zero-order valence-corrected chi connectivity index (χ0v) is 11.4. The van der Waals surface area contributed by atoms with E-state index < -0.39 is 0 Å². The van der Waals surface area contributed by atoms with Gasteiger partial charge < -0.3 is 15.4 Å². The molecule has 2 rings (SSSR count). The molecular formula is C15H22N2O2. The molecule has 1 heterocycles. The number of hydrogen-bond acceptors (Lipinski definition) is 2. The van der Waals surface area contributed by atoms with Gasteiger partial charge in [0.2, 0.25) is 0 Å². The molecule has 1 aromatic carbocycles. The Morgan fingerprint density at radius 3 is 2.79 bits per heavy atom. The van der Waals surface area contributed by atoms with Gasteiger partial charge in [-0.3, -0.25) is 0 Å². The van der Waals surface area contributed by atoms with Crippen LogP contribution in [0.15, 0.2) is 24.3 Å². The fourth-order valence-corrected chi connectivity index (χ4v) is 2.14. The van der Waals surface area contributed by atoms with Gasteiger partial charge in [-0.1, -0.05) is 25.5 Å². The number of aryl methyl sites for hydroxylation is 1. The van der Waals surface area contributed by atoms with Crippen LogP contribution in [0.5, 0.6) is 0 Å². The number of urea groups is 1. The van der Waals surface area contributed by atoms with E-state index in [1.165, 1.54) is 18.4 Å². The van der Waals surface area contributed by atoms with Gasteiger partial charge in [0.25, 0.3) is 0 Å². The maximum Gasteiger partial charge on any atom is 0.321 e. The Balaban J connectivity index is 1.79. The second-order valence-electron chi connectivity index (χ2n) is 4.90. The lowest BCUT2D eigenvalue weighted by Crippen LogP contribution is -2.37. The molecule has 4 heteroatoms. The Morgan fingerprint density at radius 2 is 2.16 bits per heavy atom. The zero-order valence-electron chi connectivity index (χ0n) is 11.4. The van der Waals surface area contributed by atoms with Crippen molar-refractivity contribution in [3.8, 4) is 0 Å². The highest BCUT2D eigenvalue weighted by molar-refractivity contribution is 5.89. The topological polar surface area (TPSA) is 50.4 Å². The van der Waals surface area contributed by atoms with E-state index in [1.54, 1.807) is 0 Å². The van der Waals surface area contributed by atoms with Crippen molar-refractivity contribution in [2.45, 2.75) is 45.3 Å². The predicted octanol–water partition coefficient (Wildman–Crippen LogP) is 3.29. The number of anilines is 1. The third-order valence-corrected chi connectivity index (χ3v) is 3.25. The van der Waals surface area contributed by atoms with Crippen LogP contribution in [0, 0.1) is 0 Å². The molecule has 0 radical (unpaired) electrons. The van der Waals surface area contributed by atoms with Gasteiger partial charge in [-0.05, 0) is 43.4 Å². The van der Waals surface area contributed by atoms with Crippen LogP contribution in [0.25, 0.3) is 0 Å². The largest absolute Gasteiger partial charge is 0.358 e. The van der Waals surface area contributed by atoms with Gasteiger partial charge in [-0.25, -0.2) is 4.79 Å². The number of amides is 2. The minimum absolute atomic E-state index is 0.135. The molecule has 1 unspecified atom stereocenters. The van der Waals surface area contributed by atoms with Crippen molar-refractivity contribution in [3.63, 3.8) is 0 Å². The molecule has 1 aliphatic heterocycles. The van der Waals surface area contributed by atoms with Crippen molar-refractivity contribution in [3.05, 3.63) is 29.8 Å². The summed E-state index contributed by atoms with van der Waals surface area (Å²) in [5, 5.41) is 5.63. The summed E-state index contributed by atoms with van der Waals surface area (Å²) in [4.78, 5) is 11.7. The number of nitrogens with one attached hydrogen (secondary N) is 2. The standard InChI is InChI=1S/C15H22N2O2/c1-2-3-5-12-7-9-13(10-8-12)16-15(18)17-14-6-4-11-19-14/h7-10,14H,2-6,11H2,1H3,(H2,16,17,18). The maximum atomic E-state index is 11.7. The van der Waals surface area contributed by atoms with Crippen molar-refractivity contribution >= 4 is 11.7 Å². The van der Waals surface area contributed by atoms with Crippen LogP contribution in [0.4, 0.5) is 10.5 Å². The van der Waals surface area contributed by atoms with Crippen LogP contribution in [0.3, 0.4) is 0 Å². The fraction of sp³-hybridized carbons (Fsp3) is 0.533. The van der Waals surface area contributed by atoms with E-state index in [4.69, 9.17) is 4.74 Å². The van der Waals surface area contributed by atoms with Gasteiger partial charge in [0.15, 0.2) is 0 Å². The lowest BCUT2D eigenvalue weighted by Gasteiger charge is -2.13. The van der Waals surface area contributed by atoms with Crippen LogP contribution >= 0.6 is 0 Å². The molecule has 1 atom stereocenters. The molecule has 0 spiro atoms. The van der Waals surface area contributed by atoms with Gasteiger partial charge in [0, 0.05) is 12.3 Å². The maximum absolute atomic E-state index is 11.7. The Bertz CT molecular complexity index is 397. The molecule has 1 fully saturated rings. The third kappa shape index (κ3) is 4.56. The van der Waals surface area contributed by atoms with E-state index in [0.29, 0.717) is 0 Å². The van der Waals surface area contributed by atoms with E-state index in [1.807, 2.05) is 12.1 Å². The van der Waals surface area contributed by atoms with Crippen LogP contribution in [0.2, 0.25) is 0 Å². The van der Waals surface area contributed by atoms with Gasteiger partial charge in [-0.2, -0.15) is 0 Å². The molecule has 104 valence electrons. The average molecular weight is 262 g/mol. The lowest BCUT2D eigenvalue weighted by molar-refractivity contribution is 0.0928. The Labute approximate surface area is 114 Å². The molecular weight excluding hydrogens is 240 g/mol. The Morgan fingerprint density at radius 1 is 1.37 bits per heavy atom. The highest BCUT2D eigenvalue weighted by atomic mass is 16.5. The lowest BCUT2D eigenvalue weighted by atomic mass is 10.1. The number of benzene rings is 1. The first-order valence-electron chi connectivity index (χ1n) is 7.06. The van der Waals surface area contributed by atoms with E-state index >= 15 is 0 Å². The smallest absolute Gasteiger partial charge is 0.321 e. The van der Waals surface area contributed by atoms with Crippen molar-refractivity contribution in [1.29, 1.82) is 0 Å². The highest BCUT2D eigenvalue weighted by Gasteiger charge is 2.17. The Hall–Kier alpha value is -1.55. The molecule has 0 saturated carbocycles. The summed E-state index contributed by atoms with van der Waals surface area (Å²) in [7, 11) is 0. The molecule has 1 aliphatic rings. The summed E-state index contributed by atoms with van der Waals surface area (Å²) in [5.41, 5.74) is 2.13. The van der Waals surface area contributed by atoms with Crippen LogP contribution in [-0.4, -0.2) is 18.9 Å². The number of rotatable bonds is 5. The molecule has 0 aromatic heterocycles. The fourth-order valence-electron chi connectivity index (χ4n) is 2.14. The monoisotopic (exact) mass is 262 g/mol. The normalized spacial score (nSPS) is 18.3. The summed E-state index contributed by atoms with van der Waals surface area (Å²) in [6.07, 6.45) is 5.26. The van der Waals surface area contributed by atoms with Gasteiger partial charge >= 0.3 is 6.03 Å². The van der Waals surface area contributed by atoms with E-state index in [2.05, 4.69) is 29.7 Å². The quantitative estimate of drug-likeness (QED) is 0.855. The molecule has 4 nitrogen and oxygen atoms in total. The number of carbonyl (C=O) groups excluding carboxylic acids is 1. The van der Waals surface area contributed by atoms with Gasteiger partial charge in [0.1, 0.15) is 6.23 Å². The summed E-state index contributed by atoms with van der Waals surface area (Å²) >= 11 is 0.